The van der Waals surface area contributed by atoms with Gasteiger partial charge < -0.3 is 9.64 Å². The number of ether oxygens (including phenoxy) is 1. The molecule has 0 aromatic heterocycles. The summed E-state index contributed by atoms with van der Waals surface area (Å²) >= 11 is 3.39. The van der Waals surface area contributed by atoms with Gasteiger partial charge >= 0.3 is 0 Å². The van der Waals surface area contributed by atoms with Crippen LogP contribution < -0.4 is 4.74 Å². The van der Waals surface area contributed by atoms with Crippen molar-refractivity contribution in [2.75, 3.05) is 6.61 Å². The Balaban J connectivity index is 1.57. The lowest BCUT2D eigenvalue weighted by Gasteiger charge is -2.29. The molecule has 0 atom stereocenters. The van der Waals surface area contributed by atoms with E-state index in [2.05, 4.69) is 20.8 Å². The number of hydrogen-bond acceptors (Lipinski definition) is 2. The first-order valence-electron chi connectivity index (χ1n) is 7.43. The maximum Gasteiger partial charge on any atom is 0.261 e. The van der Waals surface area contributed by atoms with Crippen molar-refractivity contribution in [3.63, 3.8) is 0 Å². The number of carbonyl (C=O) groups excluding carboxylic acids is 1. The van der Waals surface area contributed by atoms with Crippen molar-refractivity contribution in [2.45, 2.75) is 50.6 Å². The topological polar surface area (TPSA) is 29.5 Å². The highest BCUT2D eigenvalue weighted by molar-refractivity contribution is 9.10. The van der Waals surface area contributed by atoms with Crippen LogP contribution in [0.2, 0.25) is 0 Å². The summed E-state index contributed by atoms with van der Waals surface area (Å²) in [7, 11) is 0. The number of amides is 1. The monoisotopic (exact) mass is 337 g/mol. The molecule has 1 aromatic carbocycles. The van der Waals surface area contributed by atoms with Crippen molar-refractivity contribution in [1.82, 2.24) is 4.90 Å². The van der Waals surface area contributed by atoms with Crippen LogP contribution in [0.25, 0.3) is 0 Å². The van der Waals surface area contributed by atoms with Crippen LogP contribution in [0.4, 0.5) is 0 Å². The Morgan fingerprint density at radius 3 is 2.30 bits per heavy atom. The second kappa shape index (κ2) is 6.17. The summed E-state index contributed by atoms with van der Waals surface area (Å²) in [5, 5.41) is 0. The van der Waals surface area contributed by atoms with Crippen molar-refractivity contribution >= 4 is 21.8 Å². The molecule has 3 rings (SSSR count). The molecule has 0 saturated heterocycles. The molecule has 0 spiro atoms. The average Bonchev–Trinajstić information content (AvgIpc) is 3.13. The van der Waals surface area contributed by atoms with Crippen LogP contribution in [0.1, 0.15) is 38.5 Å². The second-order valence-electron chi connectivity index (χ2n) is 5.71. The molecule has 20 heavy (non-hydrogen) atoms. The molecule has 1 amide bonds. The molecule has 0 aliphatic heterocycles. The third kappa shape index (κ3) is 3.35. The first-order valence-corrected chi connectivity index (χ1v) is 8.23. The minimum Gasteiger partial charge on any atom is -0.484 e. The number of carbonyl (C=O) groups is 1. The molecule has 2 saturated carbocycles. The van der Waals surface area contributed by atoms with Crippen molar-refractivity contribution < 1.29 is 9.53 Å². The molecular formula is C16H20BrNO2. The van der Waals surface area contributed by atoms with Crippen LogP contribution in [0.3, 0.4) is 0 Å². The quantitative estimate of drug-likeness (QED) is 0.818. The van der Waals surface area contributed by atoms with Gasteiger partial charge in [-0.15, -0.1) is 0 Å². The van der Waals surface area contributed by atoms with Crippen LogP contribution >= 0.6 is 15.9 Å². The Bertz CT molecular complexity index is 464. The van der Waals surface area contributed by atoms with Crippen molar-refractivity contribution in [1.29, 1.82) is 0 Å². The van der Waals surface area contributed by atoms with E-state index in [0.29, 0.717) is 12.1 Å². The van der Waals surface area contributed by atoms with Crippen molar-refractivity contribution in [3.8, 4) is 5.75 Å². The fourth-order valence-electron chi connectivity index (χ4n) is 2.99. The highest BCUT2D eigenvalue weighted by atomic mass is 79.9. The first-order chi connectivity index (χ1) is 9.74. The van der Waals surface area contributed by atoms with E-state index in [4.69, 9.17) is 4.74 Å². The number of nitrogens with zero attached hydrogens (tertiary/aromatic N) is 1. The van der Waals surface area contributed by atoms with E-state index in [1.807, 2.05) is 24.3 Å². The van der Waals surface area contributed by atoms with Crippen LogP contribution in [0.5, 0.6) is 5.75 Å². The lowest BCUT2D eigenvalue weighted by molar-refractivity contribution is -0.136. The second-order valence-corrected chi connectivity index (χ2v) is 6.63. The van der Waals surface area contributed by atoms with Crippen LogP contribution in [0, 0.1) is 0 Å². The Labute approximate surface area is 128 Å². The maximum atomic E-state index is 12.4. The molecule has 2 aliphatic rings. The summed E-state index contributed by atoms with van der Waals surface area (Å²) < 4.78 is 6.64. The normalized spacial score (nSPS) is 19.1. The third-order valence-electron chi connectivity index (χ3n) is 4.12. The van der Waals surface area contributed by atoms with E-state index < -0.39 is 0 Å². The Kier molecular flexibility index (Phi) is 4.29. The van der Waals surface area contributed by atoms with Gasteiger partial charge in [0.15, 0.2) is 6.61 Å². The third-order valence-corrected chi connectivity index (χ3v) is 4.65. The minimum absolute atomic E-state index is 0.155. The molecule has 108 valence electrons. The molecule has 1 aromatic rings. The molecule has 3 nitrogen and oxygen atoms in total. The van der Waals surface area contributed by atoms with E-state index >= 15 is 0 Å². The maximum absolute atomic E-state index is 12.4. The Hall–Kier alpha value is -1.03. The summed E-state index contributed by atoms with van der Waals surface area (Å²) in [6, 6.07) is 8.57. The average molecular weight is 338 g/mol. The molecule has 4 heteroatoms. The lowest BCUT2D eigenvalue weighted by Crippen LogP contribution is -2.43. The molecule has 0 unspecified atom stereocenters. The largest absolute Gasteiger partial charge is 0.484 e. The smallest absolute Gasteiger partial charge is 0.261 e. The zero-order valence-corrected chi connectivity index (χ0v) is 13.1. The Morgan fingerprint density at radius 1 is 1.10 bits per heavy atom. The van der Waals surface area contributed by atoms with Crippen molar-refractivity contribution in [3.05, 3.63) is 28.7 Å². The van der Waals surface area contributed by atoms with Gasteiger partial charge in [0.05, 0.1) is 0 Å². The van der Waals surface area contributed by atoms with Gasteiger partial charge in [-0.3, -0.25) is 4.79 Å². The molecule has 2 aliphatic carbocycles. The standard InChI is InChI=1S/C16H20BrNO2/c17-12-5-9-15(10-6-12)20-11-16(19)18(14-7-8-14)13-3-1-2-4-13/h5-6,9-10,13-14H,1-4,7-8,11H2. The zero-order chi connectivity index (χ0) is 13.9. The summed E-state index contributed by atoms with van der Waals surface area (Å²) in [4.78, 5) is 14.6. The molecular weight excluding hydrogens is 318 g/mol. The summed E-state index contributed by atoms with van der Waals surface area (Å²) in [5.41, 5.74) is 0. The van der Waals surface area contributed by atoms with Crippen LogP contribution in [-0.4, -0.2) is 29.5 Å². The summed E-state index contributed by atoms with van der Waals surface area (Å²) in [5.74, 6) is 0.908. The van der Waals surface area contributed by atoms with E-state index in [1.165, 1.54) is 38.5 Å². The van der Waals surface area contributed by atoms with Crippen molar-refractivity contribution in [2.24, 2.45) is 0 Å². The molecule has 2 fully saturated rings. The predicted molar refractivity (Wildman–Crippen MR) is 81.8 cm³/mol. The SMILES string of the molecule is O=C(COc1ccc(Br)cc1)N(C1CCCC1)C1CC1. The predicted octanol–water partition coefficient (Wildman–Crippen LogP) is 3.76. The number of benzene rings is 1. The van der Waals surface area contributed by atoms with Gasteiger partial charge in [0.1, 0.15) is 5.75 Å². The molecule has 0 heterocycles. The van der Waals surface area contributed by atoms with Gasteiger partial charge in [-0.25, -0.2) is 0 Å². The van der Waals surface area contributed by atoms with Gasteiger partial charge in [0.25, 0.3) is 5.91 Å². The van der Waals surface area contributed by atoms with E-state index in [1.54, 1.807) is 0 Å². The van der Waals surface area contributed by atoms with Crippen LogP contribution in [0.15, 0.2) is 28.7 Å². The number of halogens is 1. The summed E-state index contributed by atoms with van der Waals surface area (Å²) in [6.07, 6.45) is 7.19. The lowest BCUT2D eigenvalue weighted by atomic mass is 10.2. The highest BCUT2D eigenvalue weighted by Crippen LogP contribution is 2.34. The summed E-state index contributed by atoms with van der Waals surface area (Å²) in [6.45, 7) is 0.161. The molecule has 0 N–H and O–H groups in total. The fraction of sp³-hybridized carbons (Fsp3) is 0.562. The Morgan fingerprint density at radius 2 is 1.70 bits per heavy atom. The van der Waals surface area contributed by atoms with Gasteiger partial charge in [0.2, 0.25) is 0 Å². The zero-order valence-electron chi connectivity index (χ0n) is 11.6. The fourth-order valence-corrected chi connectivity index (χ4v) is 3.26. The van der Waals surface area contributed by atoms with Gasteiger partial charge in [-0.2, -0.15) is 0 Å². The highest BCUT2D eigenvalue weighted by Gasteiger charge is 2.38. The van der Waals surface area contributed by atoms with E-state index in [-0.39, 0.29) is 12.5 Å². The van der Waals surface area contributed by atoms with Gasteiger partial charge in [-0.05, 0) is 49.9 Å². The van der Waals surface area contributed by atoms with Gasteiger partial charge in [-0.1, -0.05) is 28.8 Å². The number of hydrogen-bond donors (Lipinski definition) is 0. The first kappa shape index (κ1) is 13.9. The molecule has 0 radical (unpaired) electrons. The van der Waals surface area contributed by atoms with E-state index in [0.717, 1.165) is 10.2 Å². The van der Waals surface area contributed by atoms with Crippen LogP contribution in [-0.2, 0) is 4.79 Å². The number of rotatable bonds is 5. The van der Waals surface area contributed by atoms with Gasteiger partial charge in [0, 0.05) is 16.6 Å². The minimum atomic E-state index is 0.155. The molecule has 0 bridgehead atoms. The van der Waals surface area contributed by atoms with E-state index in [9.17, 15) is 4.79 Å².